The SMILES string of the molecule is COc1ccc(OCc2cccc([N+](=O)[O-])c2)c(C=O)c1. The monoisotopic (exact) mass is 287 g/mol. The zero-order valence-electron chi connectivity index (χ0n) is 11.3. The molecule has 0 radical (unpaired) electrons. The topological polar surface area (TPSA) is 78.7 Å². The van der Waals surface area contributed by atoms with E-state index < -0.39 is 4.92 Å². The predicted octanol–water partition coefficient (Wildman–Crippen LogP) is 2.99. The van der Waals surface area contributed by atoms with Gasteiger partial charge in [-0.2, -0.15) is 0 Å². The van der Waals surface area contributed by atoms with E-state index in [-0.39, 0.29) is 12.3 Å². The first-order valence-electron chi connectivity index (χ1n) is 6.13. The Labute approximate surface area is 121 Å². The van der Waals surface area contributed by atoms with Crippen molar-refractivity contribution >= 4 is 12.0 Å². The van der Waals surface area contributed by atoms with Crippen molar-refractivity contribution in [2.45, 2.75) is 6.61 Å². The van der Waals surface area contributed by atoms with Crippen molar-refractivity contribution in [2.75, 3.05) is 7.11 Å². The van der Waals surface area contributed by atoms with Crippen molar-refractivity contribution in [1.29, 1.82) is 0 Å². The summed E-state index contributed by atoms with van der Waals surface area (Å²) in [7, 11) is 1.51. The van der Waals surface area contributed by atoms with E-state index in [1.165, 1.54) is 19.2 Å². The summed E-state index contributed by atoms with van der Waals surface area (Å²) >= 11 is 0. The van der Waals surface area contributed by atoms with Crippen LogP contribution in [0.25, 0.3) is 0 Å². The Morgan fingerprint density at radius 3 is 2.71 bits per heavy atom. The van der Waals surface area contributed by atoms with Crippen LogP contribution in [0.4, 0.5) is 5.69 Å². The van der Waals surface area contributed by atoms with Crippen LogP contribution in [0.3, 0.4) is 0 Å². The smallest absolute Gasteiger partial charge is 0.269 e. The minimum atomic E-state index is -0.465. The largest absolute Gasteiger partial charge is 0.497 e. The second-order valence-corrected chi connectivity index (χ2v) is 4.24. The first-order valence-corrected chi connectivity index (χ1v) is 6.13. The number of hydrogen-bond acceptors (Lipinski definition) is 5. The third-order valence-electron chi connectivity index (χ3n) is 2.86. The lowest BCUT2D eigenvalue weighted by atomic mass is 10.2. The predicted molar refractivity (Wildman–Crippen MR) is 75.8 cm³/mol. The number of non-ortho nitro benzene ring substituents is 1. The van der Waals surface area contributed by atoms with E-state index in [2.05, 4.69) is 0 Å². The molecule has 2 aromatic rings. The van der Waals surface area contributed by atoms with Gasteiger partial charge in [0.1, 0.15) is 18.1 Å². The van der Waals surface area contributed by atoms with Crippen molar-refractivity contribution in [2.24, 2.45) is 0 Å². The molecule has 0 aliphatic carbocycles. The van der Waals surface area contributed by atoms with Crippen LogP contribution in [0.5, 0.6) is 11.5 Å². The van der Waals surface area contributed by atoms with Crippen molar-refractivity contribution < 1.29 is 19.2 Å². The van der Waals surface area contributed by atoms with Gasteiger partial charge in [-0.1, -0.05) is 12.1 Å². The summed E-state index contributed by atoms with van der Waals surface area (Å²) in [4.78, 5) is 21.3. The van der Waals surface area contributed by atoms with Crippen LogP contribution in [0.2, 0.25) is 0 Å². The highest BCUT2D eigenvalue weighted by molar-refractivity contribution is 5.80. The van der Waals surface area contributed by atoms with Crippen molar-refractivity contribution in [3.05, 3.63) is 63.7 Å². The number of carbonyl (C=O) groups is 1. The second kappa shape index (κ2) is 6.51. The third kappa shape index (κ3) is 3.56. The minimum Gasteiger partial charge on any atom is -0.497 e. The lowest BCUT2D eigenvalue weighted by molar-refractivity contribution is -0.384. The van der Waals surface area contributed by atoms with Crippen LogP contribution in [0, 0.1) is 10.1 Å². The summed E-state index contributed by atoms with van der Waals surface area (Å²) in [5.41, 5.74) is 1.01. The maximum absolute atomic E-state index is 11.0. The summed E-state index contributed by atoms with van der Waals surface area (Å²) in [6, 6.07) is 11.0. The first kappa shape index (κ1) is 14.5. The molecular weight excluding hydrogens is 274 g/mol. The Balaban J connectivity index is 2.14. The number of rotatable bonds is 6. The molecule has 0 saturated heterocycles. The van der Waals surface area contributed by atoms with E-state index in [1.54, 1.807) is 30.3 Å². The first-order chi connectivity index (χ1) is 10.1. The van der Waals surface area contributed by atoms with E-state index in [4.69, 9.17) is 9.47 Å². The second-order valence-electron chi connectivity index (χ2n) is 4.24. The molecule has 21 heavy (non-hydrogen) atoms. The number of aldehydes is 1. The van der Waals surface area contributed by atoms with Crippen LogP contribution < -0.4 is 9.47 Å². The van der Waals surface area contributed by atoms with Gasteiger partial charge >= 0.3 is 0 Å². The fraction of sp³-hybridized carbons (Fsp3) is 0.133. The molecule has 0 unspecified atom stereocenters. The molecule has 0 bridgehead atoms. The highest BCUT2D eigenvalue weighted by atomic mass is 16.6. The van der Waals surface area contributed by atoms with Crippen molar-refractivity contribution in [3.63, 3.8) is 0 Å². The quantitative estimate of drug-likeness (QED) is 0.463. The van der Waals surface area contributed by atoms with E-state index in [1.807, 2.05) is 0 Å². The molecule has 0 N–H and O–H groups in total. The molecule has 2 aromatic carbocycles. The summed E-state index contributed by atoms with van der Waals surface area (Å²) in [5, 5.41) is 10.7. The van der Waals surface area contributed by atoms with Crippen LogP contribution in [0.1, 0.15) is 15.9 Å². The van der Waals surface area contributed by atoms with Crippen LogP contribution in [-0.4, -0.2) is 18.3 Å². The molecule has 6 nitrogen and oxygen atoms in total. The van der Waals surface area contributed by atoms with E-state index in [0.717, 1.165) is 0 Å². The van der Waals surface area contributed by atoms with Crippen molar-refractivity contribution in [1.82, 2.24) is 0 Å². The number of nitrogens with zero attached hydrogens (tertiary/aromatic N) is 1. The van der Waals surface area contributed by atoms with Gasteiger partial charge in [-0.05, 0) is 23.8 Å². The molecule has 0 atom stereocenters. The van der Waals surface area contributed by atoms with Gasteiger partial charge in [0.25, 0.3) is 5.69 Å². The van der Waals surface area contributed by atoms with Crippen LogP contribution >= 0.6 is 0 Å². The number of nitro groups is 1. The maximum atomic E-state index is 11.0. The van der Waals surface area contributed by atoms with Gasteiger partial charge in [0.15, 0.2) is 6.29 Å². The molecule has 0 spiro atoms. The molecule has 2 rings (SSSR count). The van der Waals surface area contributed by atoms with E-state index in [9.17, 15) is 14.9 Å². The van der Waals surface area contributed by atoms with Gasteiger partial charge in [-0.15, -0.1) is 0 Å². The number of benzene rings is 2. The van der Waals surface area contributed by atoms with E-state index in [0.29, 0.717) is 28.9 Å². The van der Waals surface area contributed by atoms with Gasteiger partial charge < -0.3 is 9.47 Å². The molecule has 0 fully saturated rings. The highest BCUT2D eigenvalue weighted by Crippen LogP contribution is 2.24. The number of hydrogen-bond donors (Lipinski definition) is 0. The van der Waals surface area contributed by atoms with Gasteiger partial charge in [0, 0.05) is 12.1 Å². The molecule has 0 saturated carbocycles. The van der Waals surface area contributed by atoms with Gasteiger partial charge in [-0.3, -0.25) is 14.9 Å². The Morgan fingerprint density at radius 1 is 1.24 bits per heavy atom. The van der Waals surface area contributed by atoms with E-state index >= 15 is 0 Å². The molecule has 0 aliphatic heterocycles. The molecular formula is C15H13NO5. The molecule has 108 valence electrons. The number of methoxy groups -OCH3 is 1. The molecule has 0 amide bonds. The summed E-state index contributed by atoms with van der Waals surface area (Å²) in [6.07, 6.45) is 0.672. The van der Waals surface area contributed by atoms with Gasteiger partial charge in [0.2, 0.25) is 0 Å². The van der Waals surface area contributed by atoms with Crippen LogP contribution in [-0.2, 0) is 6.61 Å². The average molecular weight is 287 g/mol. The normalized spacial score (nSPS) is 9.95. The van der Waals surface area contributed by atoms with Crippen molar-refractivity contribution in [3.8, 4) is 11.5 Å². The third-order valence-corrected chi connectivity index (χ3v) is 2.86. The number of ether oxygens (including phenoxy) is 2. The molecule has 0 aliphatic rings. The Kier molecular flexibility index (Phi) is 4.50. The average Bonchev–Trinajstić information content (AvgIpc) is 2.53. The lowest BCUT2D eigenvalue weighted by Gasteiger charge is -2.09. The van der Waals surface area contributed by atoms with Gasteiger partial charge in [0.05, 0.1) is 17.6 Å². The maximum Gasteiger partial charge on any atom is 0.269 e. The Morgan fingerprint density at radius 2 is 2.05 bits per heavy atom. The summed E-state index contributed by atoms with van der Waals surface area (Å²) in [5.74, 6) is 0.956. The van der Waals surface area contributed by atoms with Crippen LogP contribution in [0.15, 0.2) is 42.5 Å². The van der Waals surface area contributed by atoms with Gasteiger partial charge in [-0.25, -0.2) is 0 Å². The molecule has 0 aromatic heterocycles. The Bertz CT molecular complexity index is 669. The summed E-state index contributed by atoms with van der Waals surface area (Å²) in [6.45, 7) is 0.134. The fourth-order valence-corrected chi connectivity index (χ4v) is 1.80. The lowest BCUT2D eigenvalue weighted by Crippen LogP contribution is -1.99. The molecule has 0 heterocycles. The standard InChI is InChI=1S/C15H13NO5/c1-20-14-5-6-15(12(8-14)9-17)21-10-11-3-2-4-13(7-11)16(18)19/h2-9H,10H2,1H3. The number of carbonyl (C=O) groups excluding carboxylic acids is 1. The zero-order chi connectivity index (χ0) is 15.2. The fourth-order valence-electron chi connectivity index (χ4n) is 1.80. The summed E-state index contributed by atoms with van der Waals surface area (Å²) < 4.78 is 10.6. The Hall–Kier alpha value is -2.89. The number of nitro benzene ring substituents is 1. The molecule has 6 heteroatoms. The minimum absolute atomic E-state index is 0.00133. The highest BCUT2D eigenvalue weighted by Gasteiger charge is 2.08. The zero-order valence-corrected chi connectivity index (χ0v) is 11.3.